The first-order chi connectivity index (χ1) is 16.9. The van der Waals surface area contributed by atoms with Gasteiger partial charge in [-0.2, -0.15) is 0 Å². The van der Waals surface area contributed by atoms with Crippen molar-refractivity contribution in [1.29, 1.82) is 0 Å². The Morgan fingerprint density at radius 2 is 1.80 bits per heavy atom. The van der Waals surface area contributed by atoms with Gasteiger partial charge in [0.25, 0.3) is 5.91 Å². The number of carbonyl (C=O) groups is 3. The Labute approximate surface area is 204 Å². The molecule has 0 saturated carbocycles. The van der Waals surface area contributed by atoms with Gasteiger partial charge in [0, 0.05) is 49.7 Å². The van der Waals surface area contributed by atoms with Crippen LogP contribution in [0, 0.1) is 11.7 Å². The van der Waals surface area contributed by atoms with Crippen LogP contribution >= 0.6 is 0 Å². The van der Waals surface area contributed by atoms with Gasteiger partial charge in [0.15, 0.2) is 5.82 Å². The third-order valence-electron chi connectivity index (χ3n) is 7.60. The number of pyridine rings is 1. The molecule has 2 saturated heterocycles. The fourth-order valence-electron chi connectivity index (χ4n) is 5.47. The number of nitrogens with zero attached hydrogens (tertiary/aromatic N) is 4. The van der Waals surface area contributed by atoms with E-state index in [1.807, 2.05) is 18.2 Å². The lowest BCUT2D eigenvalue weighted by Crippen LogP contribution is -2.49. The predicted octanol–water partition coefficient (Wildman–Crippen LogP) is 2.69. The van der Waals surface area contributed by atoms with Gasteiger partial charge in [-0.3, -0.25) is 19.4 Å². The summed E-state index contributed by atoms with van der Waals surface area (Å²) in [6.07, 6.45) is 6.15. The Balaban J connectivity index is 1.09. The zero-order valence-electron chi connectivity index (χ0n) is 19.9. The third kappa shape index (κ3) is 4.77. The quantitative estimate of drug-likeness (QED) is 0.729. The van der Waals surface area contributed by atoms with Crippen molar-refractivity contribution in [2.24, 2.45) is 5.92 Å². The number of nitrogens with one attached hydrogen (secondary N) is 1. The number of likely N-dealkylation sites (N-methyl/N-ethyl adjacent to an activating group) is 1. The molecule has 0 bridgehead atoms. The highest BCUT2D eigenvalue weighted by atomic mass is 19.1. The van der Waals surface area contributed by atoms with Crippen molar-refractivity contribution in [2.75, 3.05) is 43.4 Å². The minimum absolute atomic E-state index is 0.0297. The molecule has 4 heterocycles. The Hall–Kier alpha value is -3.33. The average molecular weight is 480 g/mol. The predicted molar refractivity (Wildman–Crippen MR) is 130 cm³/mol. The number of anilines is 2. The van der Waals surface area contributed by atoms with E-state index in [2.05, 4.69) is 15.2 Å². The highest BCUT2D eigenvalue weighted by Gasteiger charge is 2.32. The van der Waals surface area contributed by atoms with Gasteiger partial charge in [0.05, 0.1) is 18.2 Å². The summed E-state index contributed by atoms with van der Waals surface area (Å²) in [4.78, 5) is 46.9. The molecule has 1 N–H and O–H groups in total. The van der Waals surface area contributed by atoms with Crippen LogP contribution < -0.4 is 10.2 Å². The molecule has 0 aliphatic carbocycles. The number of hydrogen-bond acceptors (Lipinski definition) is 5. The first-order valence-corrected chi connectivity index (χ1v) is 12.2. The molecule has 2 fully saturated rings. The van der Waals surface area contributed by atoms with E-state index >= 15 is 0 Å². The number of hydrogen-bond donors (Lipinski definition) is 1. The van der Waals surface area contributed by atoms with Crippen LogP contribution in [0.2, 0.25) is 0 Å². The first-order valence-electron chi connectivity index (χ1n) is 12.2. The van der Waals surface area contributed by atoms with E-state index in [0.717, 1.165) is 61.9 Å². The standard InChI is InChI=1S/C26H30FN5O3/c1-30-23-3-2-19(14-18(23)15-24(30)33)29-25(34)17-5-10-31(11-6-17)20-7-12-32(13-8-20)26(35)21-4-9-28-16-22(21)27/h2-4,9,14,16-17,20H,5-8,10-13,15H2,1H3,(H,29,34). The van der Waals surface area contributed by atoms with Crippen LogP contribution in [0.15, 0.2) is 36.7 Å². The summed E-state index contributed by atoms with van der Waals surface area (Å²) in [6.45, 7) is 2.89. The summed E-state index contributed by atoms with van der Waals surface area (Å²) >= 11 is 0. The molecule has 9 heteroatoms. The van der Waals surface area contributed by atoms with Crippen molar-refractivity contribution in [2.45, 2.75) is 38.1 Å². The van der Waals surface area contributed by atoms with E-state index < -0.39 is 5.82 Å². The molecule has 0 atom stereocenters. The van der Waals surface area contributed by atoms with Gasteiger partial charge in [0.1, 0.15) is 0 Å². The van der Waals surface area contributed by atoms with Crippen molar-refractivity contribution in [1.82, 2.24) is 14.8 Å². The molecule has 0 radical (unpaired) electrons. The molecular formula is C26H30FN5O3. The Kier molecular flexibility index (Phi) is 6.51. The van der Waals surface area contributed by atoms with Gasteiger partial charge < -0.3 is 20.0 Å². The summed E-state index contributed by atoms with van der Waals surface area (Å²) in [5.41, 5.74) is 2.66. The lowest BCUT2D eigenvalue weighted by molar-refractivity contribution is -0.121. The average Bonchev–Trinajstić information content (AvgIpc) is 3.16. The number of fused-ring (bicyclic) bond motifs is 1. The maximum atomic E-state index is 13.9. The third-order valence-corrected chi connectivity index (χ3v) is 7.60. The van der Waals surface area contributed by atoms with Crippen LogP contribution in [0.1, 0.15) is 41.6 Å². The smallest absolute Gasteiger partial charge is 0.256 e. The van der Waals surface area contributed by atoms with E-state index in [-0.39, 0.29) is 29.2 Å². The number of benzene rings is 1. The fourth-order valence-corrected chi connectivity index (χ4v) is 5.47. The zero-order chi connectivity index (χ0) is 24.5. The summed E-state index contributed by atoms with van der Waals surface area (Å²) in [5.74, 6) is -0.806. The molecule has 1 aromatic heterocycles. The second-order valence-corrected chi connectivity index (χ2v) is 9.65. The Morgan fingerprint density at radius 3 is 2.51 bits per heavy atom. The molecule has 5 rings (SSSR count). The second kappa shape index (κ2) is 9.73. The minimum Gasteiger partial charge on any atom is -0.338 e. The van der Waals surface area contributed by atoms with Gasteiger partial charge in [-0.25, -0.2) is 4.39 Å². The number of likely N-dealkylation sites (tertiary alicyclic amines) is 2. The van der Waals surface area contributed by atoms with Gasteiger partial charge in [-0.1, -0.05) is 0 Å². The molecule has 3 aliphatic heterocycles. The van der Waals surface area contributed by atoms with E-state index in [1.54, 1.807) is 16.8 Å². The summed E-state index contributed by atoms with van der Waals surface area (Å²) in [7, 11) is 1.77. The van der Waals surface area contributed by atoms with E-state index in [0.29, 0.717) is 25.6 Å². The normalized spacial score (nSPS) is 19.7. The molecule has 3 amide bonds. The first kappa shape index (κ1) is 23.4. The van der Waals surface area contributed by atoms with Crippen molar-refractivity contribution >= 4 is 29.1 Å². The number of halogens is 1. The number of rotatable bonds is 4. The Bertz CT molecular complexity index is 1140. The minimum atomic E-state index is -0.583. The van der Waals surface area contributed by atoms with Crippen LogP contribution in [-0.2, 0) is 16.0 Å². The monoisotopic (exact) mass is 479 g/mol. The van der Waals surface area contributed by atoms with Gasteiger partial charge in [0.2, 0.25) is 11.8 Å². The maximum absolute atomic E-state index is 13.9. The van der Waals surface area contributed by atoms with E-state index in [4.69, 9.17) is 0 Å². The molecule has 0 unspecified atom stereocenters. The number of carbonyl (C=O) groups excluding carboxylic acids is 3. The SMILES string of the molecule is CN1C(=O)Cc2cc(NC(=O)C3CCN(C4CCN(C(=O)c5ccncc5F)CC4)CC3)ccc21. The van der Waals surface area contributed by atoms with Gasteiger partial charge in [-0.05, 0) is 68.6 Å². The summed E-state index contributed by atoms with van der Waals surface area (Å²) in [6, 6.07) is 7.44. The highest BCUT2D eigenvalue weighted by molar-refractivity contribution is 6.02. The van der Waals surface area contributed by atoms with Crippen LogP contribution in [-0.4, -0.2) is 71.8 Å². The number of amides is 3. The second-order valence-electron chi connectivity index (χ2n) is 9.65. The van der Waals surface area contributed by atoms with Crippen LogP contribution in [0.3, 0.4) is 0 Å². The van der Waals surface area contributed by atoms with Crippen molar-refractivity contribution in [3.05, 3.63) is 53.6 Å². The molecule has 35 heavy (non-hydrogen) atoms. The molecule has 1 aromatic carbocycles. The number of aromatic nitrogens is 1. The lowest BCUT2D eigenvalue weighted by Gasteiger charge is -2.41. The van der Waals surface area contributed by atoms with Crippen LogP contribution in [0.25, 0.3) is 0 Å². The van der Waals surface area contributed by atoms with Crippen molar-refractivity contribution in [3.63, 3.8) is 0 Å². The summed E-state index contributed by atoms with van der Waals surface area (Å²) in [5, 5.41) is 3.04. The molecular weight excluding hydrogens is 449 g/mol. The van der Waals surface area contributed by atoms with Crippen molar-refractivity contribution < 1.29 is 18.8 Å². The van der Waals surface area contributed by atoms with Crippen LogP contribution in [0.5, 0.6) is 0 Å². The van der Waals surface area contributed by atoms with Crippen LogP contribution in [0.4, 0.5) is 15.8 Å². The van der Waals surface area contributed by atoms with E-state index in [9.17, 15) is 18.8 Å². The zero-order valence-corrected chi connectivity index (χ0v) is 19.9. The number of piperidine rings is 2. The topological polar surface area (TPSA) is 85.9 Å². The molecule has 3 aliphatic rings. The summed E-state index contributed by atoms with van der Waals surface area (Å²) < 4.78 is 13.9. The van der Waals surface area contributed by atoms with Crippen molar-refractivity contribution in [3.8, 4) is 0 Å². The Morgan fingerprint density at radius 1 is 1.06 bits per heavy atom. The van der Waals surface area contributed by atoms with Gasteiger partial charge >= 0.3 is 0 Å². The fraction of sp³-hybridized carbons (Fsp3) is 0.462. The highest BCUT2D eigenvalue weighted by Crippen LogP contribution is 2.31. The molecule has 184 valence electrons. The molecule has 2 aromatic rings. The largest absolute Gasteiger partial charge is 0.338 e. The molecule has 0 spiro atoms. The lowest BCUT2D eigenvalue weighted by atomic mass is 9.92. The maximum Gasteiger partial charge on any atom is 0.256 e. The van der Waals surface area contributed by atoms with Gasteiger partial charge in [-0.15, -0.1) is 0 Å². The van der Waals surface area contributed by atoms with E-state index in [1.165, 1.54) is 12.3 Å². The molecule has 8 nitrogen and oxygen atoms in total.